The fourth-order valence-electron chi connectivity index (χ4n) is 3.21. The number of likely N-dealkylation sites (N-methyl/N-ethyl adjacent to an activating group) is 1. The van der Waals surface area contributed by atoms with Crippen LogP contribution in [0.4, 0.5) is 0 Å². The van der Waals surface area contributed by atoms with Crippen molar-refractivity contribution in [1.29, 1.82) is 0 Å². The van der Waals surface area contributed by atoms with Gasteiger partial charge in [-0.1, -0.05) is 12.1 Å². The van der Waals surface area contributed by atoms with Gasteiger partial charge in [0.2, 0.25) is 17.7 Å². The van der Waals surface area contributed by atoms with Crippen LogP contribution in [0.5, 0.6) is 5.75 Å². The number of carbonyl (C=O) groups is 3. The van der Waals surface area contributed by atoms with Crippen molar-refractivity contribution in [2.45, 2.75) is 26.3 Å². The molecular weight excluding hydrogens is 396 g/mol. The lowest BCUT2D eigenvalue weighted by atomic mass is 10.1. The molecular formula is C23H34N4O4. The Balaban J connectivity index is 1.76. The first-order valence-corrected chi connectivity index (χ1v) is 10.5. The molecule has 8 heteroatoms. The van der Waals surface area contributed by atoms with Crippen LogP contribution in [0.2, 0.25) is 0 Å². The van der Waals surface area contributed by atoms with Crippen LogP contribution in [0.25, 0.3) is 6.08 Å². The highest BCUT2D eigenvalue weighted by Gasteiger charge is 2.24. The van der Waals surface area contributed by atoms with E-state index in [4.69, 9.17) is 4.74 Å². The Morgan fingerprint density at radius 3 is 2.26 bits per heavy atom. The van der Waals surface area contributed by atoms with Crippen LogP contribution in [0, 0.1) is 0 Å². The molecule has 170 valence electrons. The summed E-state index contributed by atoms with van der Waals surface area (Å²) in [5.74, 6) is 0.413. The number of amides is 3. The number of carbonyl (C=O) groups excluding carboxylic acids is 3. The number of rotatable bonds is 7. The molecule has 1 aliphatic heterocycles. The zero-order chi connectivity index (χ0) is 23.0. The number of ether oxygens (including phenoxy) is 1. The molecule has 1 fully saturated rings. The van der Waals surface area contributed by atoms with Crippen molar-refractivity contribution in [3.05, 3.63) is 35.9 Å². The second kappa shape index (κ2) is 10.9. The molecule has 0 atom stereocenters. The van der Waals surface area contributed by atoms with Crippen molar-refractivity contribution < 1.29 is 19.1 Å². The van der Waals surface area contributed by atoms with Crippen LogP contribution in [-0.2, 0) is 14.4 Å². The van der Waals surface area contributed by atoms with Gasteiger partial charge >= 0.3 is 0 Å². The van der Waals surface area contributed by atoms with Gasteiger partial charge in [-0.25, -0.2) is 0 Å². The number of benzene rings is 1. The van der Waals surface area contributed by atoms with E-state index in [2.05, 4.69) is 5.32 Å². The van der Waals surface area contributed by atoms with E-state index in [-0.39, 0.29) is 29.8 Å². The highest BCUT2D eigenvalue weighted by atomic mass is 16.5. The zero-order valence-electron chi connectivity index (χ0n) is 19.2. The van der Waals surface area contributed by atoms with E-state index < -0.39 is 0 Å². The summed E-state index contributed by atoms with van der Waals surface area (Å²) in [6.07, 6.45) is 3.17. The number of hydrogen-bond donors (Lipinski definition) is 1. The molecule has 1 aromatic carbocycles. The fourth-order valence-corrected chi connectivity index (χ4v) is 3.21. The van der Waals surface area contributed by atoms with Crippen molar-refractivity contribution in [1.82, 2.24) is 20.0 Å². The van der Waals surface area contributed by atoms with E-state index in [9.17, 15) is 14.4 Å². The molecule has 1 aliphatic rings. The van der Waals surface area contributed by atoms with Crippen LogP contribution in [-0.4, -0.2) is 91.4 Å². The monoisotopic (exact) mass is 430 g/mol. The van der Waals surface area contributed by atoms with Crippen molar-refractivity contribution in [3.8, 4) is 5.75 Å². The van der Waals surface area contributed by atoms with Crippen LogP contribution in [0.15, 0.2) is 30.3 Å². The first-order valence-electron chi connectivity index (χ1n) is 10.5. The molecule has 0 aliphatic carbocycles. The molecule has 0 radical (unpaired) electrons. The average Bonchev–Trinajstić information content (AvgIpc) is 2.71. The van der Waals surface area contributed by atoms with Gasteiger partial charge in [0, 0.05) is 44.8 Å². The Labute approximate surface area is 184 Å². The Kier molecular flexibility index (Phi) is 8.62. The number of hydrogen-bond acceptors (Lipinski definition) is 5. The van der Waals surface area contributed by atoms with Gasteiger partial charge in [0.1, 0.15) is 5.75 Å². The van der Waals surface area contributed by atoms with Crippen molar-refractivity contribution in [2.75, 3.05) is 53.4 Å². The van der Waals surface area contributed by atoms with E-state index in [1.54, 1.807) is 25.1 Å². The van der Waals surface area contributed by atoms with E-state index in [1.165, 1.54) is 11.0 Å². The molecule has 31 heavy (non-hydrogen) atoms. The number of nitrogens with one attached hydrogen (secondary N) is 1. The molecule has 0 aromatic heterocycles. The second-order valence-corrected chi connectivity index (χ2v) is 8.76. The summed E-state index contributed by atoms with van der Waals surface area (Å²) in [5.41, 5.74) is 0.619. The lowest BCUT2D eigenvalue weighted by Crippen LogP contribution is -2.54. The number of nitrogens with zero attached hydrogens (tertiary/aromatic N) is 3. The van der Waals surface area contributed by atoms with Gasteiger partial charge in [-0.15, -0.1) is 0 Å². The Hall–Kier alpha value is -2.87. The SMILES string of the molecule is COc1ccc(/C=C/C(=O)N(C)CC(=O)N2CCN(CC(=O)NC(C)(C)C)CC2)cc1. The van der Waals surface area contributed by atoms with Crippen LogP contribution >= 0.6 is 0 Å². The molecule has 1 aromatic rings. The first kappa shape index (κ1) is 24.4. The summed E-state index contributed by atoms with van der Waals surface area (Å²) in [6, 6.07) is 7.36. The standard InChI is InChI=1S/C23H34N4O4/c1-23(2,3)24-20(28)16-26-12-14-27(15-13-26)22(30)17-25(4)21(29)11-8-18-6-9-19(31-5)10-7-18/h6-11H,12-17H2,1-5H3,(H,24,28)/b11-8+. The summed E-state index contributed by atoms with van der Waals surface area (Å²) in [6.45, 7) is 8.57. The smallest absolute Gasteiger partial charge is 0.246 e. The molecule has 0 saturated carbocycles. The Morgan fingerprint density at radius 1 is 1.10 bits per heavy atom. The lowest BCUT2D eigenvalue weighted by molar-refractivity contribution is -0.138. The topological polar surface area (TPSA) is 82.2 Å². The van der Waals surface area contributed by atoms with E-state index in [1.807, 2.05) is 49.9 Å². The van der Waals surface area contributed by atoms with Gasteiger partial charge in [-0.05, 0) is 44.5 Å². The van der Waals surface area contributed by atoms with Gasteiger partial charge < -0.3 is 19.9 Å². The maximum Gasteiger partial charge on any atom is 0.246 e. The van der Waals surface area contributed by atoms with Crippen molar-refractivity contribution >= 4 is 23.8 Å². The molecule has 0 bridgehead atoms. The molecule has 3 amide bonds. The van der Waals surface area contributed by atoms with Gasteiger partial charge in [-0.3, -0.25) is 19.3 Å². The molecule has 8 nitrogen and oxygen atoms in total. The highest BCUT2D eigenvalue weighted by molar-refractivity contribution is 5.94. The Morgan fingerprint density at radius 2 is 1.71 bits per heavy atom. The summed E-state index contributed by atoms with van der Waals surface area (Å²) >= 11 is 0. The van der Waals surface area contributed by atoms with Gasteiger partial charge in [0.25, 0.3) is 0 Å². The lowest BCUT2D eigenvalue weighted by Gasteiger charge is -2.35. The van der Waals surface area contributed by atoms with Crippen LogP contribution in [0.1, 0.15) is 26.3 Å². The summed E-state index contributed by atoms with van der Waals surface area (Å²) < 4.78 is 5.11. The van der Waals surface area contributed by atoms with Gasteiger partial charge in [0.15, 0.2) is 0 Å². The Bertz CT molecular complexity index is 791. The fraction of sp³-hybridized carbons (Fsp3) is 0.522. The molecule has 1 heterocycles. The van der Waals surface area contributed by atoms with Crippen molar-refractivity contribution in [3.63, 3.8) is 0 Å². The maximum absolute atomic E-state index is 12.6. The number of methoxy groups -OCH3 is 1. The largest absolute Gasteiger partial charge is 0.497 e. The predicted molar refractivity (Wildman–Crippen MR) is 121 cm³/mol. The molecule has 0 spiro atoms. The summed E-state index contributed by atoms with van der Waals surface area (Å²) in [7, 11) is 3.22. The summed E-state index contributed by atoms with van der Waals surface area (Å²) in [5, 5.41) is 2.95. The zero-order valence-corrected chi connectivity index (χ0v) is 19.2. The van der Waals surface area contributed by atoms with Crippen LogP contribution in [0.3, 0.4) is 0 Å². The minimum Gasteiger partial charge on any atom is -0.497 e. The van der Waals surface area contributed by atoms with E-state index in [0.717, 1.165) is 11.3 Å². The van der Waals surface area contributed by atoms with E-state index in [0.29, 0.717) is 32.7 Å². The average molecular weight is 431 g/mol. The normalized spacial score (nSPS) is 15.1. The second-order valence-electron chi connectivity index (χ2n) is 8.76. The molecule has 1 N–H and O–H groups in total. The summed E-state index contributed by atoms with van der Waals surface area (Å²) in [4.78, 5) is 42.2. The third-order valence-corrected chi connectivity index (χ3v) is 4.89. The third-order valence-electron chi connectivity index (χ3n) is 4.89. The van der Waals surface area contributed by atoms with Gasteiger partial charge in [-0.2, -0.15) is 0 Å². The van der Waals surface area contributed by atoms with Gasteiger partial charge in [0.05, 0.1) is 20.2 Å². The molecule has 2 rings (SSSR count). The predicted octanol–water partition coefficient (Wildman–Crippen LogP) is 1.23. The maximum atomic E-state index is 12.6. The minimum absolute atomic E-state index is 0.0127. The molecule has 1 saturated heterocycles. The van der Waals surface area contributed by atoms with E-state index >= 15 is 0 Å². The molecule has 0 unspecified atom stereocenters. The quantitative estimate of drug-likeness (QED) is 0.658. The van der Waals surface area contributed by atoms with Crippen LogP contribution < -0.4 is 10.1 Å². The number of piperazine rings is 1. The minimum atomic E-state index is -0.256. The van der Waals surface area contributed by atoms with Crippen molar-refractivity contribution in [2.24, 2.45) is 0 Å². The first-order chi connectivity index (χ1) is 14.6. The highest BCUT2D eigenvalue weighted by Crippen LogP contribution is 2.12. The third kappa shape index (κ3) is 8.41.